The lowest BCUT2D eigenvalue weighted by Gasteiger charge is -1.98. The summed E-state index contributed by atoms with van der Waals surface area (Å²) in [5.41, 5.74) is 1.89. The molecule has 0 N–H and O–H groups in total. The zero-order chi connectivity index (χ0) is 18.1. The molecule has 4 nitrogen and oxygen atoms in total. The Morgan fingerprint density at radius 2 is 1.42 bits per heavy atom. The number of nitrogens with zero attached hydrogens (tertiary/aromatic N) is 1. The van der Waals surface area contributed by atoms with Gasteiger partial charge < -0.3 is 9.15 Å². The minimum atomic E-state index is -0.496. The number of hydrogen-bond donors (Lipinski definition) is 0. The Hall–Kier alpha value is -2.44. The summed E-state index contributed by atoms with van der Waals surface area (Å²) in [6, 6.07) is 18.8. The maximum atomic E-state index is 12.1. The average Bonchev–Trinajstić information content (AvgIpc) is 3.24. The molecule has 0 saturated carbocycles. The summed E-state index contributed by atoms with van der Waals surface area (Å²) in [6.07, 6.45) is 1.58. The molecule has 1 aromatic heterocycles. The zero-order valence-electron chi connectivity index (χ0n) is 13.3. The van der Waals surface area contributed by atoms with Crippen molar-refractivity contribution in [2.24, 2.45) is 4.99 Å². The highest BCUT2D eigenvalue weighted by Gasteiger charge is 2.24. The van der Waals surface area contributed by atoms with Crippen molar-refractivity contribution in [3.05, 3.63) is 86.6 Å². The van der Waals surface area contributed by atoms with Crippen molar-refractivity contribution in [2.45, 2.75) is 0 Å². The topological polar surface area (TPSA) is 51.8 Å². The zero-order valence-corrected chi connectivity index (χ0v) is 16.5. The monoisotopic (exact) mass is 471 g/mol. The molecule has 0 radical (unpaired) electrons. The molecule has 3 aromatic rings. The summed E-state index contributed by atoms with van der Waals surface area (Å²) in [5.74, 6) is 1.04. The number of halogens is 2. The van der Waals surface area contributed by atoms with Gasteiger partial charge in [-0.1, -0.05) is 44.0 Å². The fourth-order valence-electron chi connectivity index (χ4n) is 2.46. The minimum Gasteiger partial charge on any atom is -0.457 e. The molecule has 6 heteroatoms. The van der Waals surface area contributed by atoms with Crippen molar-refractivity contribution in [1.29, 1.82) is 0 Å². The van der Waals surface area contributed by atoms with Crippen LogP contribution in [0, 0.1) is 0 Å². The van der Waals surface area contributed by atoms with Crippen LogP contribution in [0.2, 0.25) is 0 Å². The van der Waals surface area contributed by atoms with Crippen LogP contribution in [0.5, 0.6) is 0 Å². The van der Waals surface area contributed by atoms with E-state index in [-0.39, 0.29) is 11.6 Å². The van der Waals surface area contributed by atoms with Gasteiger partial charge in [0.05, 0.1) is 0 Å². The van der Waals surface area contributed by atoms with Gasteiger partial charge in [-0.25, -0.2) is 9.79 Å². The predicted octanol–water partition coefficient (Wildman–Crippen LogP) is 5.82. The number of ether oxygens (including phenoxy) is 1. The Balaban J connectivity index is 1.61. The highest BCUT2D eigenvalue weighted by Crippen LogP contribution is 2.26. The van der Waals surface area contributed by atoms with Crippen LogP contribution in [-0.4, -0.2) is 11.9 Å². The standard InChI is InChI=1S/C20H11Br2NO3/c21-14-5-1-12(2-6-14)18-10-9-16(25-18)11-17-20(24)26-19(23-17)13-3-7-15(22)8-4-13/h1-11H. The Morgan fingerprint density at radius 3 is 2.08 bits per heavy atom. The third-order valence-corrected chi connectivity index (χ3v) is 4.80. The van der Waals surface area contributed by atoms with Crippen LogP contribution >= 0.6 is 31.9 Å². The van der Waals surface area contributed by atoms with Crippen LogP contribution in [0.3, 0.4) is 0 Å². The molecule has 0 saturated heterocycles. The van der Waals surface area contributed by atoms with Crippen molar-refractivity contribution in [1.82, 2.24) is 0 Å². The summed E-state index contributed by atoms with van der Waals surface area (Å²) < 4.78 is 13.0. The second kappa shape index (κ2) is 7.05. The van der Waals surface area contributed by atoms with Gasteiger partial charge in [0.1, 0.15) is 11.5 Å². The second-order valence-electron chi connectivity index (χ2n) is 5.55. The largest absolute Gasteiger partial charge is 0.457 e. The molecule has 0 amide bonds. The first-order chi connectivity index (χ1) is 12.6. The molecular weight excluding hydrogens is 462 g/mol. The molecule has 26 heavy (non-hydrogen) atoms. The molecule has 4 rings (SSSR count). The van der Waals surface area contributed by atoms with Gasteiger partial charge in [0.25, 0.3) is 0 Å². The first-order valence-corrected chi connectivity index (χ1v) is 9.31. The van der Waals surface area contributed by atoms with E-state index in [1.165, 1.54) is 0 Å². The summed E-state index contributed by atoms with van der Waals surface area (Å²) >= 11 is 6.78. The normalized spacial score (nSPS) is 15.2. The summed E-state index contributed by atoms with van der Waals surface area (Å²) in [7, 11) is 0. The Bertz CT molecular complexity index is 1030. The predicted molar refractivity (Wildman–Crippen MR) is 107 cm³/mol. The van der Waals surface area contributed by atoms with Gasteiger partial charge in [-0.3, -0.25) is 0 Å². The Kier molecular flexibility index (Phi) is 4.61. The number of esters is 1. The van der Waals surface area contributed by atoms with Gasteiger partial charge >= 0.3 is 5.97 Å². The molecule has 0 fully saturated rings. The van der Waals surface area contributed by atoms with Crippen molar-refractivity contribution >= 4 is 49.8 Å². The van der Waals surface area contributed by atoms with Crippen molar-refractivity contribution in [3.8, 4) is 11.3 Å². The van der Waals surface area contributed by atoms with Crippen LogP contribution < -0.4 is 0 Å². The quantitative estimate of drug-likeness (QED) is 0.356. The molecule has 0 bridgehead atoms. The van der Waals surface area contributed by atoms with Crippen molar-refractivity contribution in [3.63, 3.8) is 0 Å². The van der Waals surface area contributed by atoms with E-state index in [1.807, 2.05) is 54.6 Å². The lowest BCUT2D eigenvalue weighted by molar-refractivity contribution is -0.129. The van der Waals surface area contributed by atoms with Gasteiger partial charge in [-0.05, 0) is 48.5 Å². The first-order valence-electron chi connectivity index (χ1n) is 7.73. The van der Waals surface area contributed by atoms with E-state index in [1.54, 1.807) is 12.1 Å². The number of furan rings is 1. The SMILES string of the molecule is O=C1OC(c2ccc(Br)cc2)=NC1=Cc1ccc(-c2ccc(Br)cc2)o1. The molecule has 1 aliphatic heterocycles. The number of carbonyl (C=O) groups is 1. The lowest BCUT2D eigenvalue weighted by atomic mass is 10.2. The van der Waals surface area contributed by atoms with Crippen LogP contribution in [0.15, 0.2) is 84.7 Å². The van der Waals surface area contributed by atoms with Crippen molar-refractivity contribution in [2.75, 3.05) is 0 Å². The Labute approximate surface area is 166 Å². The molecule has 0 unspecified atom stereocenters. The van der Waals surface area contributed by atoms with Crippen LogP contribution in [0.4, 0.5) is 0 Å². The molecule has 0 aliphatic carbocycles. The van der Waals surface area contributed by atoms with E-state index < -0.39 is 5.97 Å². The van der Waals surface area contributed by atoms with Gasteiger partial charge in [0, 0.05) is 26.1 Å². The van der Waals surface area contributed by atoms with E-state index in [2.05, 4.69) is 36.9 Å². The summed E-state index contributed by atoms with van der Waals surface area (Å²) in [6.45, 7) is 0. The fraction of sp³-hybridized carbons (Fsp3) is 0. The number of carbonyl (C=O) groups excluding carboxylic acids is 1. The molecule has 1 aliphatic rings. The number of cyclic esters (lactones) is 1. The van der Waals surface area contributed by atoms with Gasteiger partial charge in [0.2, 0.25) is 5.90 Å². The highest BCUT2D eigenvalue weighted by molar-refractivity contribution is 9.10. The molecule has 2 aromatic carbocycles. The highest BCUT2D eigenvalue weighted by atomic mass is 79.9. The fourth-order valence-corrected chi connectivity index (χ4v) is 2.99. The number of benzene rings is 2. The maximum Gasteiger partial charge on any atom is 0.363 e. The molecule has 128 valence electrons. The molecule has 2 heterocycles. The molecule has 0 spiro atoms. The average molecular weight is 473 g/mol. The van der Waals surface area contributed by atoms with Crippen molar-refractivity contribution < 1.29 is 13.9 Å². The maximum absolute atomic E-state index is 12.1. The third kappa shape index (κ3) is 3.57. The first kappa shape index (κ1) is 17.0. The van der Waals surface area contributed by atoms with Gasteiger partial charge in [-0.2, -0.15) is 0 Å². The van der Waals surface area contributed by atoms with Gasteiger partial charge in [0.15, 0.2) is 5.70 Å². The van der Waals surface area contributed by atoms with E-state index >= 15 is 0 Å². The van der Waals surface area contributed by atoms with Gasteiger partial charge in [-0.15, -0.1) is 0 Å². The van der Waals surface area contributed by atoms with E-state index in [0.29, 0.717) is 11.5 Å². The summed E-state index contributed by atoms with van der Waals surface area (Å²) in [4.78, 5) is 16.4. The second-order valence-corrected chi connectivity index (χ2v) is 7.38. The van der Waals surface area contributed by atoms with E-state index in [9.17, 15) is 4.79 Å². The molecular formula is C20H11Br2NO3. The molecule has 0 atom stereocenters. The van der Waals surface area contributed by atoms with Crippen LogP contribution in [0.25, 0.3) is 17.4 Å². The van der Waals surface area contributed by atoms with Crippen LogP contribution in [-0.2, 0) is 9.53 Å². The number of aliphatic imine (C=N–C) groups is 1. The van der Waals surface area contributed by atoms with Crippen LogP contribution in [0.1, 0.15) is 11.3 Å². The third-order valence-electron chi connectivity index (χ3n) is 3.75. The van der Waals surface area contributed by atoms with E-state index in [0.717, 1.165) is 20.1 Å². The van der Waals surface area contributed by atoms with E-state index in [4.69, 9.17) is 9.15 Å². The lowest BCUT2D eigenvalue weighted by Crippen LogP contribution is -2.05. The smallest absolute Gasteiger partial charge is 0.363 e. The number of rotatable bonds is 3. The minimum absolute atomic E-state index is 0.208. The number of hydrogen-bond acceptors (Lipinski definition) is 4. The Morgan fingerprint density at radius 1 is 0.808 bits per heavy atom. The summed E-state index contributed by atoms with van der Waals surface area (Å²) in [5, 5.41) is 0.